The van der Waals surface area contributed by atoms with Gasteiger partial charge in [-0.15, -0.1) is 0 Å². The van der Waals surface area contributed by atoms with Crippen molar-refractivity contribution in [3.05, 3.63) is 17.5 Å². The summed E-state index contributed by atoms with van der Waals surface area (Å²) in [5.41, 5.74) is 0.946. The number of piperidine rings is 2. The number of quaternary nitrogens is 1. The third-order valence-electron chi connectivity index (χ3n) is 6.11. The van der Waals surface area contributed by atoms with E-state index in [1.54, 1.807) is 0 Å². The van der Waals surface area contributed by atoms with Gasteiger partial charge in [0.15, 0.2) is 0 Å². The van der Waals surface area contributed by atoms with Crippen molar-refractivity contribution in [1.82, 2.24) is 15.0 Å². The second kappa shape index (κ2) is 5.23. The van der Waals surface area contributed by atoms with Crippen LogP contribution in [0.2, 0.25) is 0 Å². The molecule has 4 heterocycles. The van der Waals surface area contributed by atoms with Crippen molar-refractivity contribution in [1.29, 1.82) is 0 Å². The average molecular weight is 319 g/mol. The first kappa shape index (κ1) is 15.0. The Labute approximate surface area is 137 Å². The van der Waals surface area contributed by atoms with Gasteiger partial charge in [0.1, 0.15) is 11.5 Å². The molecular weight excluding hydrogens is 292 g/mol. The minimum Gasteiger partial charge on any atom is -0.361 e. The van der Waals surface area contributed by atoms with Crippen molar-refractivity contribution < 1.29 is 13.8 Å². The van der Waals surface area contributed by atoms with Crippen LogP contribution in [0.1, 0.15) is 49.1 Å². The van der Waals surface area contributed by atoms with Crippen LogP contribution in [0.3, 0.4) is 0 Å². The van der Waals surface area contributed by atoms with Gasteiger partial charge in [-0.1, -0.05) is 5.16 Å². The van der Waals surface area contributed by atoms with E-state index >= 15 is 0 Å². The number of hydrogen-bond acceptors (Lipinski definition) is 3. The average Bonchev–Trinajstić information content (AvgIpc) is 3.09. The van der Waals surface area contributed by atoms with Crippen LogP contribution in [0.25, 0.3) is 0 Å². The quantitative estimate of drug-likeness (QED) is 0.785. The Balaban J connectivity index is 1.49. The Kier molecular flexibility index (Phi) is 3.41. The number of nitrogens with zero attached hydrogens (tertiary/aromatic N) is 4. The van der Waals surface area contributed by atoms with Crippen molar-refractivity contribution in [3.63, 3.8) is 0 Å². The molecule has 3 saturated heterocycles. The molecule has 0 aromatic carbocycles. The Morgan fingerprint density at radius 2 is 1.96 bits per heavy atom. The maximum Gasteiger partial charge on any atom is 0.320 e. The molecule has 0 spiro atoms. The molecule has 3 fully saturated rings. The highest BCUT2D eigenvalue weighted by atomic mass is 16.5. The van der Waals surface area contributed by atoms with Crippen molar-refractivity contribution >= 4 is 6.03 Å². The maximum absolute atomic E-state index is 12.3. The summed E-state index contributed by atoms with van der Waals surface area (Å²) < 4.78 is 6.78. The number of rotatable bonds is 2. The van der Waals surface area contributed by atoms with Crippen LogP contribution < -0.4 is 0 Å². The molecule has 23 heavy (non-hydrogen) atoms. The number of fused-ring (bicyclic) bond motifs is 2. The normalized spacial score (nSPS) is 31.0. The minimum atomic E-state index is 0.0945. The lowest BCUT2D eigenvalue weighted by atomic mass is 9.92. The van der Waals surface area contributed by atoms with Gasteiger partial charge in [-0.05, 0) is 12.8 Å². The third kappa shape index (κ3) is 2.53. The Morgan fingerprint density at radius 3 is 2.70 bits per heavy atom. The standard InChI is InChI=1S/C17H27N4O2/c1-19-13-4-5-15(20(11-13)17(19)22)14-10-16(23-18-14)12-6-8-21(2,3)9-7-12/h10,12-13,15H,4-9,11H2,1-3H3/q+1/t13-,15+/m1/s1. The van der Waals surface area contributed by atoms with Gasteiger partial charge in [0.05, 0.1) is 39.3 Å². The smallest absolute Gasteiger partial charge is 0.320 e. The molecular formula is C17H27N4O2+. The number of aromatic nitrogens is 1. The molecule has 0 N–H and O–H groups in total. The third-order valence-corrected chi connectivity index (χ3v) is 6.11. The van der Waals surface area contributed by atoms with Gasteiger partial charge in [0.25, 0.3) is 0 Å². The fourth-order valence-corrected chi connectivity index (χ4v) is 4.35. The molecule has 3 aliphatic heterocycles. The summed E-state index contributed by atoms with van der Waals surface area (Å²) in [5.74, 6) is 1.50. The molecule has 126 valence electrons. The van der Waals surface area contributed by atoms with Crippen molar-refractivity contribution in [2.24, 2.45) is 0 Å². The number of carbonyl (C=O) groups excluding carboxylic acids is 1. The molecule has 2 amide bonds. The second-order valence-corrected chi connectivity index (χ2v) is 8.10. The van der Waals surface area contributed by atoms with Crippen molar-refractivity contribution in [3.8, 4) is 0 Å². The van der Waals surface area contributed by atoms with Gasteiger partial charge >= 0.3 is 6.03 Å². The van der Waals surface area contributed by atoms with Crippen LogP contribution in [-0.4, -0.2) is 72.3 Å². The predicted molar refractivity (Wildman–Crippen MR) is 85.9 cm³/mol. The first-order chi connectivity index (χ1) is 10.9. The zero-order valence-corrected chi connectivity index (χ0v) is 14.4. The van der Waals surface area contributed by atoms with E-state index in [4.69, 9.17) is 4.52 Å². The van der Waals surface area contributed by atoms with Gasteiger partial charge in [0, 0.05) is 38.4 Å². The van der Waals surface area contributed by atoms with Crippen LogP contribution >= 0.6 is 0 Å². The molecule has 0 saturated carbocycles. The lowest BCUT2D eigenvalue weighted by molar-refractivity contribution is -0.895. The van der Waals surface area contributed by atoms with E-state index in [-0.39, 0.29) is 12.1 Å². The number of carbonyl (C=O) groups is 1. The summed E-state index contributed by atoms with van der Waals surface area (Å²) in [7, 11) is 6.48. The first-order valence-corrected chi connectivity index (χ1v) is 8.76. The summed E-state index contributed by atoms with van der Waals surface area (Å²) in [6, 6.07) is 2.73. The molecule has 2 atom stereocenters. The summed E-state index contributed by atoms with van der Waals surface area (Å²) >= 11 is 0. The van der Waals surface area contributed by atoms with Gasteiger partial charge in [-0.2, -0.15) is 0 Å². The highest BCUT2D eigenvalue weighted by Gasteiger charge is 2.44. The van der Waals surface area contributed by atoms with Gasteiger partial charge in [0.2, 0.25) is 0 Å². The monoisotopic (exact) mass is 319 g/mol. The number of likely N-dealkylation sites (tertiary alicyclic amines) is 1. The van der Waals surface area contributed by atoms with E-state index in [9.17, 15) is 4.79 Å². The number of hydrogen-bond donors (Lipinski definition) is 0. The SMILES string of the molecule is CN1C(=O)N2C[C@H]1CC[C@H]2c1cc(C2CC[N+](C)(C)CC2)on1. The van der Waals surface area contributed by atoms with Gasteiger partial charge in [-0.3, -0.25) is 0 Å². The summed E-state index contributed by atoms with van der Waals surface area (Å²) in [6.07, 6.45) is 4.35. The van der Waals surface area contributed by atoms with E-state index in [0.29, 0.717) is 12.0 Å². The molecule has 0 unspecified atom stereocenters. The topological polar surface area (TPSA) is 49.6 Å². The van der Waals surface area contributed by atoms with Crippen molar-refractivity contribution in [2.45, 2.75) is 43.7 Å². The lowest BCUT2D eigenvalue weighted by Crippen LogP contribution is -2.45. The van der Waals surface area contributed by atoms with Crippen LogP contribution in [-0.2, 0) is 0 Å². The summed E-state index contributed by atoms with van der Waals surface area (Å²) in [6.45, 7) is 3.19. The Bertz CT molecular complexity index is 601. The predicted octanol–water partition coefficient (Wildman–Crippen LogP) is 2.20. The number of urea groups is 1. The fraction of sp³-hybridized carbons (Fsp3) is 0.765. The zero-order chi connectivity index (χ0) is 16.2. The maximum atomic E-state index is 12.3. The highest BCUT2D eigenvalue weighted by molar-refractivity contribution is 5.77. The van der Waals surface area contributed by atoms with Crippen molar-refractivity contribution in [2.75, 3.05) is 40.8 Å². The molecule has 0 aliphatic carbocycles. The van der Waals surface area contributed by atoms with Crippen LogP contribution in [0.15, 0.2) is 10.6 Å². The highest BCUT2D eigenvalue weighted by Crippen LogP contribution is 2.39. The van der Waals surface area contributed by atoms with E-state index in [2.05, 4.69) is 25.3 Å². The molecule has 1 aromatic rings. The molecule has 1 aromatic heterocycles. The zero-order valence-electron chi connectivity index (χ0n) is 14.4. The minimum absolute atomic E-state index is 0.0945. The number of amides is 2. The molecule has 0 radical (unpaired) electrons. The van der Waals surface area contributed by atoms with Crippen LogP contribution in [0.5, 0.6) is 0 Å². The lowest BCUT2D eigenvalue weighted by Gasteiger charge is -2.36. The molecule has 2 bridgehead atoms. The van der Waals surface area contributed by atoms with Gasteiger partial charge < -0.3 is 18.8 Å². The van der Waals surface area contributed by atoms with E-state index in [1.807, 2.05) is 16.8 Å². The van der Waals surface area contributed by atoms with Crippen LogP contribution in [0, 0.1) is 0 Å². The summed E-state index contributed by atoms with van der Waals surface area (Å²) in [4.78, 5) is 16.2. The first-order valence-electron chi connectivity index (χ1n) is 8.76. The van der Waals surface area contributed by atoms with E-state index < -0.39 is 0 Å². The molecule has 3 aliphatic rings. The Hall–Kier alpha value is -1.56. The van der Waals surface area contributed by atoms with E-state index in [0.717, 1.165) is 48.2 Å². The van der Waals surface area contributed by atoms with E-state index in [1.165, 1.54) is 13.1 Å². The fourth-order valence-electron chi connectivity index (χ4n) is 4.35. The molecule has 4 rings (SSSR count). The molecule has 6 nitrogen and oxygen atoms in total. The second-order valence-electron chi connectivity index (χ2n) is 8.10. The largest absolute Gasteiger partial charge is 0.361 e. The molecule has 6 heteroatoms. The van der Waals surface area contributed by atoms with Gasteiger partial charge in [-0.25, -0.2) is 4.79 Å². The number of likely N-dealkylation sites (N-methyl/N-ethyl adjacent to an activating group) is 1. The van der Waals surface area contributed by atoms with Crippen LogP contribution in [0.4, 0.5) is 4.79 Å². The summed E-state index contributed by atoms with van der Waals surface area (Å²) in [5, 5.41) is 4.34. The Morgan fingerprint density at radius 1 is 1.22 bits per heavy atom.